The van der Waals surface area contributed by atoms with E-state index in [0.717, 1.165) is 12.8 Å². The number of nitrogens with one attached hydrogen (secondary N) is 1. The van der Waals surface area contributed by atoms with E-state index < -0.39 is 10.0 Å². The van der Waals surface area contributed by atoms with Gasteiger partial charge >= 0.3 is 0 Å². The number of carbonyl (C=O) groups excluding carboxylic acids is 1. The highest BCUT2D eigenvalue weighted by molar-refractivity contribution is 7.92. The minimum atomic E-state index is -3.95. The number of anilines is 1. The quantitative estimate of drug-likeness (QED) is 0.563. The van der Waals surface area contributed by atoms with Gasteiger partial charge in [-0.05, 0) is 50.6 Å². The first-order valence-electron chi connectivity index (χ1n) is 9.43. The second-order valence-electron chi connectivity index (χ2n) is 7.39. The monoisotopic (exact) mass is 434 g/mol. The first kappa shape index (κ1) is 23.0. The molecule has 0 aliphatic carbocycles. The molecule has 0 saturated heterocycles. The molecule has 0 aliphatic heterocycles. The summed E-state index contributed by atoms with van der Waals surface area (Å²) < 4.78 is 27.8. The van der Waals surface area contributed by atoms with Gasteiger partial charge in [0.25, 0.3) is 15.9 Å². The summed E-state index contributed by atoms with van der Waals surface area (Å²) in [4.78, 5) is 12.7. The van der Waals surface area contributed by atoms with Crippen LogP contribution in [0.25, 0.3) is 0 Å². The number of amides is 1. The Bertz CT molecular complexity index is 987. The molecule has 1 amide bonds. The Balaban J connectivity index is 2.42. The molecule has 1 N–H and O–H groups in total. The Morgan fingerprint density at radius 3 is 2.52 bits per heavy atom. The van der Waals surface area contributed by atoms with Crippen molar-refractivity contribution in [1.29, 1.82) is 0 Å². The summed E-state index contributed by atoms with van der Waals surface area (Å²) in [6, 6.07) is 12.7. The first-order chi connectivity index (χ1) is 13.6. The van der Waals surface area contributed by atoms with Crippen LogP contribution < -0.4 is 9.62 Å². The molecule has 5 nitrogen and oxygen atoms in total. The molecule has 0 bridgehead atoms. The van der Waals surface area contributed by atoms with Gasteiger partial charge in [0.1, 0.15) is 0 Å². The molecule has 0 heterocycles. The Kier molecular flexibility index (Phi) is 7.49. The van der Waals surface area contributed by atoms with Crippen molar-refractivity contribution in [2.24, 2.45) is 0 Å². The average Bonchev–Trinajstić information content (AvgIpc) is 2.66. The van der Waals surface area contributed by atoms with Crippen molar-refractivity contribution >= 4 is 33.2 Å². The van der Waals surface area contributed by atoms with Gasteiger partial charge in [-0.25, -0.2) is 8.42 Å². The number of para-hydroxylation sites is 1. The number of rotatable bonds is 9. The molecule has 29 heavy (non-hydrogen) atoms. The van der Waals surface area contributed by atoms with Crippen LogP contribution in [0.15, 0.2) is 66.1 Å². The van der Waals surface area contributed by atoms with E-state index in [1.165, 1.54) is 22.5 Å². The largest absolute Gasteiger partial charge is 0.347 e. The lowest BCUT2D eigenvalue weighted by atomic mass is 9.98. The maximum absolute atomic E-state index is 13.3. The lowest BCUT2D eigenvalue weighted by molar-refractivity contribution is 0.0909. The van der Waals surface area contributed by atoms with Gasteiger partial charge in [0, 0.05) is 11.1 Å². The Hall–Kier alpha value is -2.31. The van der Waals surface area contributed by atoms with E-state index in [9.17, 15) is 13.2 Å². The van der Waals surface area contributed by atoms with E-state index in [2.05, 4.69) is 11.9 Å². The number of hydrogen-bond acceptors (Lipinski definition) is 3. The number of benzene rings is 2. The number of sulfonamides is 1. The SMILES string of the molecule is C=CCN(c1ccccc1Cl)S(=O)(=O)c1cccc(C(=O)NC(C)(C)CCC)c1. The lowest BCUT2D eigenvalue weighted by Crippen LogP contribution is -2.43. The van der Waals surface area contributed by atoms with Gasteiger partial charge in [0.15, 0.2) is 0 Å². The predicted octanol–water partition coefficient (Wildman–Crippen LogP) is 5.03. The van der Waals surface area contributed by atoms with Crippen LogP contribution in [0.1, 0.15) is 44.0 Å². The highest BCUT2D eigenvalue weighted by Crippen LogP contribution is 2.30. The molecule has 0 atom stereocenters. The molecule has 0 radical (unpaired) electrons. The average molecular weight is 435 g/mol. The number of carbonyl (C=O) groups is 1. The second-order valence-corrected chi connectivity index (χ2v) is 9.66. The van der Waals surface area contributed by atoms with Crippen LogP contribution in [0, 0.1) is 0 Å². The van der Waals surface area contributed by atoms with Gasteiger partial charge < -0.3 is 5.32 Å². The number of nitrogens with zero attached hydrogens (tertiary/aromatic N) is 1. The Labute approximate surface area is 178 Å². The molecular formula is C22H27ClN2O3S. The van der Waals surface area contributed by atoms with Crippen LogP contribution in [0.2, 0.25) is 5.02 Å². The predicted molar refractivity (Wildman–Crippen MR) is 119 cm³/mol. The van der Waals surface area contributed by atoms with Crippen LogP contribution in [0.5, 0.6) is 0 Å². The van der Waals surface area contributed by atoms with Crippen molar-refractivity contribution < 1.29 is 13.2 Å². The number of hydrogen-bond donors (Lipinski definition) is 1. The standard InChI is InChI=1S/C22H27ClN2O3S/c1-5-14-22(3,4)24-21(26)17-10-9-11-18(16-17)29(27,28)25(15-6-2)20-13-8-7-12-19(20)23/h6-13,16H,2,5,14-15H2,1,3-4H3,(H,24,26). The van der Waals surface area contributed by atoms with E-state index in [4.69, 9.17) is 11.6 Å². The van der Waals surface area contributed by atoms with E-state index in [0.29, 0.717) is 10.7 Å². The van der Waals surface area contributed by atoms with Crippen LogP contribution in [0.3, 0.4) is 0 Å². The van der Waals surface area contributed by atoms with Crippen molar-refractivity contribution in [3.8, 4) is 0 Å². The molecule has 0 aromatic heterocycles. The lowest BCUT2D eigenvalue weighted by Gasteiger charge is -2.26. The van der Waals surface area contributed by atoms with Crippen molar-refractivity contribution in [2.75, 3.05) is 10.8 Å². The molecule has 2 aromatic rings. The maximum Gasteiger partial charge on any atom is 0.264 e. The van der Waals surface area contributed by atoms with Crippen LogP contribution >= 0.6 is 11.6 Å². The minimum Gasteiger partial charge on any atom is -0.347 e. The summed E-state index contributed by atoms with van der Waals surface area (Å²) in [6.45, 7) is 9.63. The molecular weight excluding hydrogens is 408 g/mol. The van der Waals surface area contributed by atoms with E-state index in [-0.39, 0.29) is 28.4 Å². The van der Waals surface area contributed by atoms with Crippen molar-refractivity contribution in [1.82, 2.24) is 5.32 Å². The third kappa shape index (κ3) is 5.61. The molecule has 0 unspecified atom stereocenters. The zero-order valence-corrected chi connectivity index (χ0v) is 18.6. The summed E-state index contributed by atoms with van der Waals surface area (Å²) in [5.74, 6) is -0.312. The van der Waals surface area contributed by atoms with Gasteiger partial charge in [-0.15, -0.1) is 6.58 Å². The van der Waals surface area contributed by atoms with Crippen LogP contribution in [-0.2, 0) is 10.0 Å². The topological polar surface area (TPSA) is 66.5 Å². The summed E-state index contributed by atoms with van der Waals surface area (Å²) in [7, 11) is -3.95. The highest BCUT2D eigenvalue weighted by atomic mass is 35.5. The van der Waals surface area contributed by atoms with E-state index in [1.807, 2.05) is 20.8 Å². The third-order valence-electron chi connectivity index (χ3n) is 4.43. The van der Waals surface area contributed by atoms with Crippen molar-refractivity contribution in [3.05, 3.63) is 71.8 Å². The molecule has 2 rings (SSSR count). The van der Waals surface area contributed by atoms with Gasteiger partial charge in [0.2, 0.25) is 0 Å². The minimum absolute atomic E-state index is 0.0141. The maximum atomic E-state index is 13.3. The van der Waals surface area contributed by atoms with Gasteiger partial charge in [0.05, 0.1) is 22.2 Å². The fourth-order valence-electron chi connectivity index (χ4n) is 3.09. The fraction of sp³-hybridized carbons (Fsp3) is 0.318. The van der Waals surface area contributed by atoms with E-state index >= 15 is 0 Å². The van der Waals surface area contributed by atoms with Crippen molar-refractivity contribution in [3.63, 3.8) is 0 Å². The van der Waals surface area contributed by atoms with Gasteiger partial charge in [-0.2, -0.15) is 0 Å². The molecule has 0 saturated carbocycles. The first-order valence-corrected chi connectivity index (χ1v) is 11.2. The highest BCUT2D eigenvalue weighted by Gasteiger charge is 2.27. The van der Waals surface area contributed by atoms with Gasteiger partial charge in [-0.1, -0.05) is 49.2 Å². The third-order valence-corrected chi connectivity index (χ3v) is 6.52. The zero-order valence-electron chi connectivity index (χ0n) is 17.0. The fourth-order valence-corrected chi connectivity index (χ4v) is 4.88. The van der Waals surface area contributed by atoms with Crippen LogP contribution in [-0.4, -0.2) is 26.4 Å². The molecule has 156 valence electrons. The molecule has 0 aliphatic rings. The molecule has 0 spiro atoms. The Morgan fingerprint density at radius 1 is 1.21 bits per heavy atom. The Morgan fingerprint density at radius 2 is 1.90 bits per heavy atom. The smallest absolute Gasteiger partial charge is 0.264 e. The van der Waals surface area contributed by atoms with Crippen LogP contribution in [0.4, 0.5) is 5.69 Å². The van der Waals surface area contributed by atoms with Gasteiger partial charge in [-0.3, -0.25) is 9.10 Å². The summed E-state index contributed by atoms with van der Waals surface area (Å²) >= 11 is 6.23. The van der Waals surface area contributed by atoms with Crippen molar-refractivity contribution in [2.45, 2.75) is 44.0 Å². The molecule has 2 aromatic carbocycles. The second kappa shape index (κ2) is 9.46. The summed E-state index contributed by atoms with van der Waals surface area (Å²) in [5, 5.41) is 3.28. The zero-order chi connectivity index (χ0) is 21.7. The molecule has 0 fully saturated rings. The molecule has 7 heteroatoms. The summed E-state index contributed by atoms with van der Waals surface area (Å²) in [5.41, 5.74) is 0.258. The summed E-state index contributed by atoms with van der Waals surface area (Å²) in [6.07, 6.45) is 3.23. The normalized spacial score (nSPS) is 11.7. The number of halogens is 1. The van der Waals surface area contributed by atoms with E-state index in [1.54, 1.807) is 36.4 Å².